The standard InChI is InChI=1S/C28H48O4.C25H45N3O5.C4H6O2.CH4O/c1-8-10-12-20(3)17-24(11-9-2)25(29)15-13-21(4)28(32-7)22(5)18-23-14-16-26(30)27(19-23)31-6;1-17(2)13-22(26-23(30)33-24(5,6)7)19(4)27-25(18(3)14-21(31-8)16-32-25)28-12-10-9-11-20(28)15-29;1-3(5)4(2)6;1-2/h9,17-18,21,23-24,26-28,30H,2,8,10-16,19H2,1,3-7H3;15,17-18,20-22,27H,4,9-14,16H2,1-3,5-8H3,(H,26,30);1-2H3;2H,1H3/b20-17+,22-18+;;;/t21-,23?,24-,26-,27?,28+;;;/m1.../s1. The van der Waals surface area contributed by atoms with Gasteiger partial charge in [0.15, 0.2) is 11.6 Å². The molecule has 11 atom stereocenters. The van der Waals surface area contributed by atoms with Crippen LogP contribution in [0.1, 0.15) is 173 Å². The van der Waals surface area contributed by atoms with Gasteiger partial charge in [0.05, 0.1) is 43.1 Å². The van der Waals surface area contributed by atoms with Gasteiger partial charge in [0, 0.05) is 72.8 Å². The van der Waals surface area contributed by atoms with Gasteiger partial charge in [-0.05, 0) is 129 Å². The number of nitrogens with one attached hydrogen (secondary N) is 2. The van der Waals surface area contributed by atoms with Crippen LogP contribution in [0, 0.1) is 29.6 Å². The molecule has 1 aliphatic carbocycles. The molecule has 0 aromatic rings. The first-order valence-corrected chi connectivity index (χ1v) is 26.9. The monoisotopic (exact) mass is 1030 g/mol. The predicted molar refractivity (Wildman–Crippen MR) is 292 cm³/mol. The van der Waals surface area contributed by atoms with Crippen LogP contribution in [0.15, 0.2) is 48.2 Å². The number of carbonyl (C=O) groups excluding carboxylic acids is 5. The van der Waals surface area contributed by atoms with E-state index in [9.17, 15) is 29.1 Å². The fraction of sp³-hybridized carbons (Fsp3) is 0.776. The smallest absolute Gasteiger partial charge is 0.408 e. The van der Waals surface area contributed by atoms with Crippen molar-refractivity contribution in [1.82, 2.24) is 15.5 Å². The molecule has 0 aromatic carbocycles. The molecule has 2 saturated heterocycles. The number of methoxy groups -OCH3 is 3. The van der Waals surface area contributed by atoms with E-state index in [0.717, 1.165) is 77.7 Å². The minimum atomic E-state index is -0.900. The normalized spacial score (nSPS) is 25.3. The Hall–Kier alpha value is -3.57. The second-order valence-electron chi connectivity index (χ2n) is 21.7. The Kier molecular flexibility index (Phi) is 34.6. The molecule has 0 aromatic heterocycles. The molecule has 3 fully saturated rings. The summed E-state index contributed by atoms with van der Waals surface area (Å²) in [4.78, 5) is 59.2. The second-order valence-corrected chi connectivity index (χ2v) is 21.7. The van der Waals surface area contributed by atoms with Crippen molar-refractivity contribution in [2.45, 2.75) is 221 Å². The molecular weight excluding hydrogens is 931 g/mol. The van der Waals surface area contributed by atoms with Crippen molar-refractivity contribution >= 4 is 29.7 Å². The Labute approximate surface area is 442 Å². The lowest BCUT2D eigenvalue weighted by atomic mass is 9.82. The number of piperidine rings is 1. The van der Waals surface area contributed by atoms with E-state index in [4.69, 9.17) is 28.8 Å². The topological polar surface area (TPSA) is 199 Å². The summed E-state index contributed by atoms with van der Waals surface area (Å²) in [6.07, 6.45) is 18.7. The fourth-order valence-corrected chi connectivity index (χ4v) is 9.73. The molecule has 2 aliphatic heterocycles. The van der Waals surface area contributed by atoms with E-state index in [-0.39, 0.29) is 65.8 Å². The van der Waals surface area contributed by atoms with Crippen LogP contribution < -0.4 is 10.6 Å². The number of unbranched alkanes of at least 4 members (excludes halogenated alkanes) is 1. The second kappa shape index (κ2) is 36.4. The number of Topliss-reactive ketones (excluding diaryl/α,β-unsaturated/α-hetero) is 3. The van der Waals surface area contributed by atoms with E-state index in [1.807, 2.05) is 26.8 Å². The van der Waals surface area contributed by atoms with Gasteiger partial charge >= 0.3 is 6.09 Å². The molecule has 73 heavy (non-hydrogen) atoms. The van der Waals surface area contributed by atoms with Gasteiger partial charge in [0.2, 0.25) is 5.85 Å². The molecule has 422 valence electrons. The number of aldehydes is 1. The van der Waals surface area contributed by atoms with E-state index in [1.54, 1.807) is 21.3 Å². The summed E-state index contributed by atoms with van der Waals surface area (Å²) in [7, 11) is 6.12. The Morgan fingerprint density at radius 3 is 2.10 bits per heavy atom. The van der Waals surface area contributed by atoms with Crippen LogP contribution in [-0.4, -0.2) is 134 Å². The SMILES string of the molecule is C=C(NC1(N2CCCCC2C=O)OCC(OC)CC1C)C(CC(C)C)NC(=O)OC(C)(C)C.C=CC[C@H](/C=C(\C)CCCC)C(=O)CC[C@@H](C)[C@H](OC)/C(C)=C/C1CC[C@@H](O)C(OC)C1.CC(=O)C(C)=O.CO. The lowest BCUT2D eigenvalue weighted by Crippen LogP contribution is -2.71. The molecule has 3 aliphatic rings. The van der Waals surface area contributed by atoms with Crippen molar-refractivity contribution in [3.05, 3.63) is 48.2 Å². The number of nitrogens with zero attached hydrogens (tertiary/aromatic N) is 1. The van der Waals surface area contributed by atoms with Crippen LogP contribution in [0.25, 0.3) is 0 Å². The zero-order valence-corrected chi connectivity index (χ0v) is 48.3. The number of hydrogen-bond acceptors (Lipinski definition) is 14. The molecule has 15 heteroatoms. The van der Waals surface area contributed by atoms with Gasteiger partial charge in [-0.2, -0.15) is 0 Å². The number of likely N-dealkylation sites (tertiary alicyclic amines) is 1. The molecule has 1 saturated carbocycles. The first-order valence-electron chi connectivity index (χ1n) is 26.9. The third-order valence-corrected chi connectivity index (χ3v) is 13.8. The first-order chi connectivity index (χ1) is 34.3. The number of ether oxygens (including phenoxy) is 5. The number of aliphatic hydroxyl groups is 2. The maximum Gasteiger partial charge on any atom is 0.408 e. The Balaban J connectivity index is 0.00000124. The third-order valence-electron chi connectivity index (χ3n) is 13.8. The number of ketones is 3. The fourth-order valence-electron chi connectivity index (χ4n) is 9.73. The summed E-state index contributed by atoms with van der Waals surface area (Å²) in [5.74, 6) is -0.435. The van der Waals surface area contributed by atoms with Crippen molar-refractivity contribution in [3.63, 3.8) is 0 Å². The number of carbonyl (C=O) groups is 5. The number of alkyl carbamates (subject to hydrolysis) is 1. The van der Waals surface area contributed by atoms with Crippen LogP contribution in [0.5, 0.6) is 0 Å². The third kappa shape index (κ3) is 25.7. The summed E-state index contributed by atoms with van der Waals surface area (Å²) < 4.78 is 28.8. The van der Waals surface area contributed by atoms with Crippen LogP contribution >= 0.6 is 0 Å². The molecule has 3 rings (SSSR count). The highest BCUT2D eigenvalue weighted by Gasteiger charge is 2.51. The summed E-state index contributed by atoms with van der Waals surface area (Å²) in [5, 5.41) is 23.6. The maximum absolute atomic E-state index is 13.0. The number of hydrogen-bond donors (Lipinski definition) is 4. The molecule has 0 bridgehead atoms. The Morgan fingerprint density at radius 1 is 0.945 bits per heavy atom. The molecule has 2 heterocycles. The lowest BCUT2D eigenvalue weighted by molar-refractivity contribution is -0.260. The Morgan fingerprint density at radius 2 is 1.59 bits per heavy atom. The van der Waals surface area contributed by atoms with E-state index in [1.165, 1.54) is 37.8 Å². The van der Waals surface area contributed by atoms with E-state index < -0.39 is 17.5 Å². The predicted octanol–water partition coefficient (Wildman–Crippen LogP) is 10.0. The van der Waals surface area contributed by atoms with Crippen LogP contribution in [0.4, 0.5) is 4.79 Å². The molecule has 4 N–H and O–H groups in total. The highest BCUT2D eigenvalue weighted by atomic mass is 16.6. The van der Waals surface area contributed by atoms with Gasteiger partial charge in [0.1, 0.15) is 17.7 Å². The van der Waals surface area contributed by atoms with Crippen LogP contribution in [-0.2, 0) is 42.9 Å². The minimum Gasteiger partial charge on any atom is -0.444 e. The average Bonchev–Trinajstić information content (AvgIpc) is 3.33. The number of aliphatic hydroxyl groups excluding tert-OH is 2. The summed E-state index contributed by atoms with van der Waals surface area (Å²) in [6.45, 7) is 32.3. The minimum absolute atomic E-state index is 0.00432. The zero-order valence-electron chi connectivity index (χ0n) is 48.3. The van der Waals surface area contributed by atoms with Crippen molar-refractivity contribution in [1.29, 1.82) is 0 Å². The maximum atomic E-state index is 13.0. The lowest BCUT2D eigenvalue weighted by Gasteiger charge is -2.55. The highest BCUT2D eigenvalue weighted by molar-refractivity contribution is 6.35. The quantitative estimate of drug-likeness (QED) is 0.0383. The molecule has 0 spiro atoms. The average molecular weight is 1030 g/mol. The first kappa shape index (κ1) is 69.4. The van der Waals surface area contributed by atoms with Gasteiger partial charge in [-0.3, -0.25) is 14.4 Å². The van der Waals surface area contributed by atoms with Crippen LogP contribution in [0.3, 0.4) is 0 Å². The zero-order chi connectivity index (χ0) is 56.1. The van der Waals surface area contributed by atoms with Gasteiger partial charge in [-0.25, -0.2) is 9.69 Å². The van der Waals surface area contributed by atoms with Crippen molar-refractivity contribution in [2.75, 3.05) is 41.6 Å². The summed E-state index contributed by atoms with van der Waals surface area (Å²) >= 11 is 0. The van der Waals surface area contributed by atoms with Gasteiger partial charge in [-0.15, -0.1) is 6.58 Å². The number of rotatable bonds is 25. The summed E-state index contributed by atoms with van der Waals surface area (Å²) in [5.41, 5.74) is 2.57. The van der Waals surface area contributed by atoms with Crippen molar-refractivity contribution < 1.29 is 57.9 Å². The van der Waals surface area contributed by atoms with Gasteiger partial charge < -0.3 is 49.3 Å². The largest absolute Gasteiger partial charge is 0.444 e. The summed E-state index contributed by atoms with van der Waals surface area (Å²) in [6, 6.07) is -0.588. The molecule has 1 amide bonds. The van der Waals surface area contributed by atoms with E-state index >= 15 is 0 Å². The van der Waals surface area contributed by atoms with Crippen LogP contribution in [0.2, 0.25) is 0 Å². The number of amides is 1. The van der Waals surface area contributed by atoms with E-state index in [2.05, 4.69) is 89.3 Å². The Bertz CT molecular complexity index is 1710. The van der Waals surface area contributed by atoms with E-state index in [0.29, 0.717) is 49.2 Å². The molecule has 15 nitrogen and oxygen atoms in total. The van der Waals surface area contributed by atoms with Crippen molar-refractivity contribution in [3.8, 4) is 0 Å². The molecule has 0 radical (unpaired) electrons. The molecule has 7 unspecified atom stereocenters. The highest BCUT2D eigenvalue weighted by Crippen LogP contribution is 2.38. The number of allylic oxidation sites excluding steroid dienone is 4. The van der Waals surface area contributed by atoms with Gasteiger partial charge in [0.25, 0.3) is 0 Å². The molecular formula is C58H103N3O12. The van der Waals surface area contributed by atoms with Crippen molar-refractivity contribution in [2.24, 2.45) is 29.6 Å². The van der Waals surface area contributed by atoms with Gasteiger partial charge in [-0.1, -0.05) is 77.8 Å².